The molecule has 0 bridgehead atoms. The molecule has 1 aromatic heterocycles. The van der Waals surface area contributed by atoms with E-state index in [0.717, 1.165) is 30.1 Å². The summed E-state index contributed by atoms with van der Waals surface area (Å²) in [6.07, 6.45) is -3.55. The molecule has 0 saturated heterocycles. The Balaban J connectivity index is 1.89. The number of rotatable bonds is 7. The molecule has 1 heterocycles. The zero-order chi connectivity index (χ0) is 24.0. The molecule has 0 aliphatic heterocycles. The number of halogens is 3. The van der Waals surface area contributed by atoms with Crippen LogP contribution in [0.4, 0.5) is 30.2 Å². The van der Waals surface area contributed by atoms with E-state index in [9.17, 15) is 18.0 Å². The van der Waals surface area contributed by atoms with Crippen molar-refractivity contribution in [2.45, 2.75) is 26.4 Å². The van der Waals surface area contributed by atoms with Crippen LogP contribution in [0.3, 0.4) is 0 Å². The monoisotopic (exact) mass is 493 g/mol. The van der Waals surface area contributed by atoms with Crippen molar-refractivity contribution in [1.82, 2.24) is 14.9 Å². The van der Waals surface area contributed by atoms with Crippen molar-refractivity contribution >= 4 is 51.8 Å². The lowest BCUT2D eigenvalue weighted by molar-refractivity contribution is -0.137. The molecule has 0 radical (unpaired) electrons. The van der Waals surface area contributed by atoms with Crippen molar-refractivity contribution < 1.29 is 18.0 Å². The highest BCUT2D eigenvalue weighted by molar-refractivity contribution is 7.80. The SMILES string of the molecule is CCC(C)CNC(=S)N(c1ccc(NC(=O)c2csnn2)cc1)c1cccc(C(F)(F)F)c1. The van der Waals surface area contributed by atoms with Crippen molar-refractivity contribution in [3.05, 3.63) is 65.2 Å². The van der Waals surface area contributed by atoms with Gasteiger partial charge in [0.05, 0.1) is 5.56 Å². The van der Waals surface area contributed by atoms with Crippen molar-refractivity contribution in [1.29, 1.82) is 0 Å². The first-order valence-electron chi connectivity index (χ1n) is 10.1. The molecule has 1 amide bonds. The molecule has 2 aromatic carbocycles. The molecular weight excluding hydrogens is 471 g/mol. The van der Waals surface area contributed by atoms with Crippen LogP contribution in [0.5, 0.6) is 0 Å². The number of carbonyl (C=O) groups excluding carboxylic acids is 1. The summed E-state index contributed by atoms with van der Waals surface area (Å²) in [5.74, 6) is -0.0684. The summed E-state index contributed by atoms with van der Waals surface area (Å²) in [4.78, 5) is 13.7. The van der Waals surface area contributed by atoms with E-state index in [0.29, 0.717) is 23.8 Å². The van der Waals surface area contributed by atoms with Gasteiger partial charge in [0, 0.05) is 29.0 Å². The maximum Gasteiger partial charge on any atom is 0.416 e. The first kappa shape index (κ1) is 24.6. The molecule has 174 valence electrons. The molecular formula is C22H22F3N5OS2. The van der Waals surface area contributed by atoms with Crippen molar-refractivity contribution in [3.63, 3.8) is 0 Å². The topological polar surface area (TPSA) is 70.2 Å². The van der Waals surface area contributed by atoms with E-state index in [4.69, 9.17) is 12.2 Å². The number of aromatic nitrogens is 2. The number of carbonyl (C=O) groups is 1. The summed E-state index contributed by atoms with van der Waals surface area (Å²) >= 11 is 6.62. The minimum atomic E-state index is -4.48. The van der Waals surface area contributed by atoms with Crippen molar-refractivity contribution in [2.24, 2.45) is 5.92 Å². The van der Waals surface area contributed by atoms with Crippen LogP contribution in [0, 0.1) is 5.92 Å². The van der Waals surface area contributed by atoms with Crippen LogP contribution < -0.4 is 15.5 Å². The second-order valence-corrected chi connectivity index (χ2v) is 8.37. The van der Waals surface area contributed by atoms with Gasteiger partial charge >= 0.3 is 6.18 Å². The second kappa shape index (κ2) is 10.7. The maximum absolute atomic E-state index is 13.3. The molecule has 2 N–H and O–H groups in total. The fraction of sp³-hybridized carbons (Fsp3) is 0.273. The molecule has 3 aromatic rings. The number of nitrogens with one attached hydrogen (secondary N) is 2. The van der Waals surface area contributed by atoms with Gasteiger partial charge in [-0.05, 0) is 72.1 Å². The molecule has 0 aliphatic carbocycles. The lowest BCUT2D eigenvalue weighted by Gasteiger charge is -2.28. The van der Waals surface area contributed by atoms with Crippen LogP contribution in [0.1, 0.15) is 36.3 Å². The number of alkyl halides is 3. The molecule has 11 heteroatoms. The molecule has 0 fully saturated rings. The van der Waals surface area contributed by atoms with E-state index in [2.05, 4.69) is 34.1 Å². The average molecular weight is 494 g/mol. The smallest absolute Gasteiger partial charge is 0.362 e. The number of hydrogen-bond donors (Lipinski definition) is 2. The minimum Gasteiger partial charge on any atom is -0.362 e. The zero-order valence-corrected chi connectivity index (χ0v) is 19.5. The third-order valence-corrected chi connectivity index (χ3v) is 5.74. The molecule has 1 unspecified atom stereocenters. The average Bonchev–Trinajstić information content (AvgIpc) is 3.33. The third kappa shape index (κ3) is 6.48. The Bertz CT molecular complexity index is 1090. The summed E-state index contributed by atoms with van der Waals surface area (Å²) in [6.45, 7) is 4.69. The molecule has 0 spiro atoms. The van der Waals surface area contributed by atoms with Gasteiger partial charge in [-0.1, -0.05) is 30.8 Å². The highest BCUT2D eigenvalue weighted by atomic mass is 32.1. The third-order valence-electron chi connectivity index (χ3n) is 4.91. The Labute approximate surface area is 199 Å². The molecule has 1 atom stereocenters. The molecule has 0 saturated carbocycles. The number of benzene rings is 2. The van der Waals surface area contributed by atoms with Gasteiger partial charge in [0.2, 0.25) is 0 Å². The van der Waals surface area contributed by atoms with Gasteiger partial charge in [0.1, 0.15) is 0 Å². The summed E-state index contributed by atoms with van der Waals surface area (Å²) < 4.78 is 43.6. The zero-order valence-electron chi connectivity index (χ0n) is 17.9. The maximum atomic E-state index is 13.3. The first-order chi connectivity index (χ1) is 15.7. The van der Waals surface area contributed by atoms with Gasteiger partial charge in [-0.15, -0.1) is 5.10 Å². The highest BCUT2D eigenvalue weighted by Crippen LogP contribution is 2.34. The van der Waals surface area contributed by atoms with Crippen molar-refractivity contribution in [2.75, 3.05) is 16.8 Å². The highest BCUT2D eigenvalue weighted by Gasteiger charge is 2.31. The van der Waals surface area contributed by atoms with E-state index in [1.807, 2.05) is 0 Å². The molecule has 33 heavy (non-hydrogen) atoms. The molecule has 6 nitrogen and oxygen atoms in total. The van der Waals surface area contributed by atoms with Crippen LogP contribution in [0.2, 0.25) is 0 Å². The normalized spacial score (nSPS) is 12.2. The Hall–Kier alpha value is -3.05. The van der Waals surface area contributed by atoms with Crippen LogP contribution in [-0.2, 0) is 6.18 Å². The first-order valence-corrected chi connectivity index (χ1v) is 11.4. The van der Waals surface area contributed by atoms with Gasteiger partial charge in [0.25, 0.3) is 5.91 Å². The lowest BCUT2D eigenvalue weighted by atomic mass is 10.1. The predicted molar refractivity (Wildman–Crippen MR) is 128 cm³/mol. The predicted octanol–water partition coefficient (Wildman–Crippen LogP) is 5.87. The van der Waals surface area contributed by atoms with Crippen LogP contribution >= 0.6 is 23.8 Å². The number of thiocarbonyl (C=S) groups is 1. The number of hydrogen-bond acceptors (Lipinski definition) is 5. The summed E-state index contributed by atoms with van der Waals surface area (Å²) in [7, 11) is 0. The van der Waals surface area contributed by atoms with Gasteiger partial charge in [0.15, 0.2) is 10.8 Å². The van der Waals surface area contributed by atoms with E-state index in [1.54, 1.807) is 35.2 Å². The number of anilines is 3. The van der Waals surface area contributed by atoms with Crippen LogP contribution in [0.15, 0.2) is 53.9 Å². The van der Waals surface area contributed by atoms with Crippen molar-refractivity contribution in [3.8, 4) is 0 Å². The lowest BCUT2D eigenvalue weighted by Crippen LogP contribution is -2.38. The van der Waals surface area contributed by atoms with Crippen LogP contribution in [0.25, 0.3) is 0 Å². The van der Waals surface area contributed by atoms with Gasteiger partial charge in [-0.25, -0.2) is 0 Å². The second-order valence-electron chi connectivity index (χ2n) is 7.37. The molecule has 0 aliphatic rings. The Morgan fingerprint density at radius 3 is 2.52 bits per heavy atom. The summed E-state index contributed by atoms with van der Waals surface area (Å²) in [5.41, 5.74) is 0.751. The summed E-state index contributed by atoms with van der Waals surface area (Å²) in [6, 6.07) is 11.6. The van der Waals surface area contributed by atoms with Gasteiger partial charge in [-0.3, -0.25) is 9.69 Å². The Kier molecular flexibility index (Phi) is 7.98. The van der Waals surface area contributed by atoms with E-state index >= 15 is 0 Å². The van der Waals surface area contributed by atoms with E-state index < -0.39 is 17.6 Å². The largest absolute Gasteiger partial charge is 0.416 e. The van der Waals surface area contributed by atoms with Crippen LogP contribution in [-0.4, -0.2) is 27.2 Å². The molecule has 3 rings (SSSR count). The van der Waals surface area contributed by atoms with Gasteiger partial charge in [-0.2, -0.15) is 13.2 Å². The number of nitrogens with zero attached hydrogens (tertiary/aromatic N) is 3. The quantitative estimate of drug-likeness (QED) is 0.401. The fourth-order valence-electron chi connectivity index (χ4n) is 2.84. The standard InChI is InChI=1S/C22H22F3N5OS2/c1-3-14(2)12-26-21(32)30(18-6-4-5-15(11-18)22(23,24)25)17-9-7-16(8-10-17)27-20(31)19-13-33-29-28-19/h4-11,13-14H,3,12H2,1-2H3,(H,26,32)(H,27,31). The fourth-order valence-corrected chi connectivity index (χ4v) is 3.57. The Morgan fingerprint density at radius 2 is 1.91 bits per heavy atom. The van der Waals surface area contributed by atoms with Gasteiger partial charge < -0.3 is 10.6 Å². The number of amides is 1. The minimum absolute atomic E-state index is 0.199. The Morgan fingerprint density at radius 1 is 1.18 bits per heavy atom. The van der Waals surface area contributed by atoms with E-state index in [1.165, 1.54) is 11.4 Å². The van der Waals surface area contributed by atoms with E-state index in [-0.39, 0.29) is 16.5 Å². The summed E-state index contributed by atoms with van der Waals surface area (Å²) in [5, 5.41) is 11.4.